The molecule has 138 valence electrons. The molecule has 0 saturated carbocycles. The number of unbranched alkanes of at least 4 members (excludes halogenated alkanes) is 1. The third-order valence-electron chi connectivity index (χ3n) is 5.87. The van der Waals surface area contributed by atoms with Crippen molar-refractivity contribution in [2.24, 2.45) is 0 Å². The van der Waals surface area contributed by atoms with Gasteiger partial charge >= 0.3 is 0 Å². The minimum absolute atomic E-state index is 0.149. The number of halogens is 1. The number of carbonyl (C=O) groups excluding carboxylic acids is 1. The highest BCUT2D eigenvalue weighted by Gasteiger charge is 2.24. The Labute approximate surface area is 170 Å². The molecule has 0 spiro atoms. The molecular weight excluding hydrogens is 364 g/mol. The average molecular weight is 385 g/mol. The molecule has 0 fully saturated rings. The van der Waals surface area contributed by atoms with Crippen molar-refractivity contribution in [3.8, 4) is 0 Å². The van der Waals surface area contributed by atoms with E-state index in [0.717, 1.165) is 74.5 Å². The van der Waals surface area contributed by atoms with Crippen molar-refractivity contribution >= 4 is 38.9 Å². The molecule has 0 aromatic heterocycles. The number of rotatable bonds is 3. The molecule has 0 unspecified atom stereocenters. The fraction of sp³-hybridized carbons (Fsp3) is 0.192. The van der Waals surface area contributed by atoms with Crippen LogP contribution in [0.4, 0.5) is 0 Å². The first-order valence-electron chi connectivity index (χ1n) is 9.95. The lowest BCUT2D eigenvalue weighted by molar-refractivity contribution is 0.103. The van der Waals surface area contributed by atoms with E-state index in [1.54, 1.807) is 0 Å². The van der Waals surface area contributed by atoms with Gasteiger partial charge in [0.25, 0.3) is 0 Å². The number of carbonyl (C=O) groups is 1. The minimum atomic E-state index is 0.149. The van der Waals surface area contributed by atoms with Crippen LogP contribution >= 0.6 is 11.6 Å². The van der Waals surface area contributed by atoms with Crippen molar-refractivity contribution in [2.75, 3.05) is 0 Å². The maximum Gasteiger partial charge on any atom is 0.193 e. The first kappa shape index (κ1) is 17.5. The zero-order chi connectivity index (χ0) is 19.3. The van der Waals surface area contributed by atoms with Crippen LogP contribution in [0.15, 0.2) is 60.7 Å². The Morgan fingerprint density at radius 2 is 1.68 bits per heavy atom. The van der Waals surface area contributed by atoms with E-state index in [-0.39, 0.29) is 5.78 Å². The Morgan fingerprint density at radius 1 is 0.857 bits per heavy atom. The molecule has 0 N–H and O–H groups in total. The first-order chi connectivity index (χ1) is 13.6. The molecule has 5 rings (SSSR count). The number of fused-ring (bicyclic) bond motifs is 4. The van der Waals surface area contributed by atoms with Gasteiger partial charge in [0.1, 0.15) is 0 Å². The molecule has 0 saturated heterocycles. The van der Waals surface area contributed by atoms with Crippen molar-refractivity contribution in [2.45, 2.75) is 32.6 Å². The quantitative estimate of drug-likeness (QED) is 0.302. The van der Waals surface area contributed by atoms with Crippen molar-refractivity contribution in [1.82, 2.24) is 0 Å². The third kappa shape index (κ3) is 2.82. The molecular formula is C26H21ClO. The molecule has 0 atom stereocenters. The predicted octanol–water partition coefficient (Wildman–Crippen LogP) is 7.12. The lowest BCUT2D eigenvalue weighted by Gasteiger charge is -2.20. The van der Waals surface area contributed by atoms with Crippen LogP contribution in [-0.4, -0.2) is 5.78 Å². The number of aryl methyl sites for hydroxylation is 1. The second kappa shape index (κ2) is 6.76. The molecule has 0 bridgehead atoms. The highest BCUT2D eigenvalue weighted by molar-refractivity contribution is 6.36. The van der Waals surface area contributed by atoms with Crippen LogP contribution in [0.3, 0.4) is 0 Å². The molecule has 2 heteroatoms. The van der Waals surface area contributed by atoms with Crippen molar-refractivity contribution in [3.05, 3.63) is 93.5 Å². The Kier molecular flexibility index (Phi) is 4.21. The van der Waals surface area contributed by atoms with Crippen LogP contribution in [0.1, 0.15) is 52.4 Å². The van der Waals surface area contributed by atoms with E-state index in [9.17, 15) is 4.79 Å². The van der Waals surface area contributed by atoms with Crippen molar-refractivity contribution < 1.29 is 4.79 Å². The van der Waals surface area contributed by atoms with Gasteiger partial charge in [-0.25, -0.2) is 0 Å². The largest absolute Gasteiger partial charge is 0.289 e. The Hall–Kier alpha value is -2.64. The molecule has 1 nitrogen and oxygen atoms in total. The molecule has 0 heterocycles. The van der Waals surface area contributed by atoms with Crippen LogP contribution in [-0.2, 0) is 12.8 Å². The summed E-state index contributed by atoms with van der Waals surface area (Å²) in [4.78, 5) is 13.3. The van der Waals surface area contributed by atoms with E-state index in [1.807, 2.05) is 12.1 Å². The van der Waals surface area contributed by atoms with Gasteiger partial charge in [-0.1, -0.05) is 55.3 Å². The van der Waals surface area contributed by atoms with E-state index in [1.165, 1.54) is 5.56 Å². The summed E-state index contributed by atoms with van der Waals surface area (Å²) in [5.41, 5.74) is 5.22. The van der Waals surface area contributed by atoms with Crippen LogP contribution in [0, 0.1) is 0 Å². The second-order valence-corrected chi connectivity index (χ2v) is 8.18. The number of ketones is 1. The fourth-order valence-corrected chi connectivity index (χ4v) is 4.56. The molecule has 0 amide bonds. The maximum atomic E-state index is 13.3. The zero-order valence-corrected chi connectivity index (χ0v) is 16.6. The topological polar surface area (TPSA) is 17.1 Å². The van der Waals surface area contributed by atoms with Gasteiger partial charge in [0.05, 0.1) is 0 Å². The van der Waals surface area contributed by atoms with Gasteiger partial charge in [0.2, 0.25) is 0 Å². The van der Waals surface area contributed by atoms with Crippen molar-refractivity contribution in [3.63, 3.8) is 0 Å². The summed E-state index contributed by atoms with van der Waals surface area (Å²) in [6.45, 7) is 2.20. The van der Waals surface area contributed by atoms with Gasteiger partial charge in [-0.3, -0.25) is 4.79 Å². The van der Waals surface area contributed by atoms with Gasteiger partial charge in [-0.2, -0.15) is 0 Å². The summed E-state index contributed by atoms with van der Waals surface area (Å²) >= 11 is 6.39. The van der Waals surface area contributed by atoms with Gasteiger partial charge in [-0.05, 0) is 82.4 Å². The number of hydrogen-bond acceptors (Lipinski definition) is 1. The van der Waals surface area contributed by atoms with Crippen molar-refractivity contribution in [1.29, 1.82) is 0 Å². The Balaban J connectivity index is 1.64. The highest BCUT2D eigenvalue weighted by Crippen LogP contribution is 2.34. The van der Waals surface area contributed by atoms with Gasteiger partial charge < -0.3 is 0 Å². The maximum absolute atomic E-state index is 13.3. The molecule has 28 heavy (non-hydrogen) atoms. The second-order valence-electron chi connectivity index (χ2n) is 7.77. The van der Waals surface area contributed by atoms with Gasteiger partial charge in [0.15, 0.2) is 5.78 Å². The van der Waals surface area contributed by atoms with Crippen LogP contribution < -0.4 is 0 Å². The minimum Gasteiger partial charge on any atom is -0.289 e. The summed E-state index contributed by atoms with van der Waals surface area (Å²) in [6, 6.07) is 20.9. The molecule has 4 aromatic carbocycles. The summed E-state index contributed by atoms with van der Waals surface area (Å²) in [5.74, 6) is 0.149. The lowest BCUT2D eigenvalue weighted by Crippen LogP contribution is -2.15. The highest BCUT2D eigenvalue weighted by atomic mass is 35.5. The van der Waals surface area contributed by atoms with Gasteiger partial charge in [0, 0.05) is 21.5 Å². The summed E-state index contributed by atoms with van der Waals surface area (Å²) in [5, 5.41) is 5.13. The van der Waals surface area contributed by atoms with E-state index in [2.05, 4.69) is 55.5 Å². The summed E-state index contributed by atoms with van der Waals surface area (Å²) in [7, 11) is 0. The molecule has 1 aliphatic carbocycles. The van der Waals surface area contributed by atoms with E-state index < -0.39 is 0 Å². The SMILES string of the molecule is CCCCc1ccc2c(c1)C(=O)c1cc3cc4c(Cl)cccc4cc3cc1C2. The van der Waals surface area contributed by atoms with E-state index in [4.69, 9.17) is 11.6 Å². The van der Waals surface area contributed by atoms with Gasteiger partial charge in [-0.15, -0.1) is 0 Å². The van der Waals surface area contributed by atoms with Crippen LogP contribution in [0.5, 0.6) is 0 Å². The lowest BCUT2D eigenvalue weighted by atomic mass is 9.82. The Bertz CT molecular complexity index is 1250. The number of hydrogen-bond donors (Lipinski definition) is 0. The molecule has 1 aliphatic rings. The van der Waals surface area contributed by atoms with Crippen LogP contribution in [0.25, 0.3) is 21.5 Å². The summed E-state index contributed by atoms with van der Waals surface area (Å²) in [6.07, 6.45) is 4.17. The first-order valence-corrected chi connectivity index (χ1v) is 10.3. The molecule has 0 aliphatic heterocycles. The standard InChI is InChI=1S/C26H21ClO/c1-2-3-5-16-8-9-18-12-21-13-19-11-17-6-4-7-25(27)22(17)14-20(19)15-24(21)26(28)23(18)10-16/h4,6-11,13-15H,2-3,5,12H2,1H3. The van der Waals surface area contributed by atoms with E-state index >= 15 is 0 Å². The third-order valence-corrected chi connectivity index (χ3v) is 6.20. The molecule has 0 radical (unpaired) electrons. The monoisotopic (exact) mass is 384 g/mol. The summed E-state index contributed by atoms with van der Waals surface area (Å²) < 4.78 is 0. The normalized spacial score (nSPS) is 13.0. The average Bonchev–Trinajstić information content (AvgIpc) is 2.71. The van der Waals surface area contributed by atoms with Crippen LogP contribution in [0.2, 0.25) is 5.02 Å². The smallest absolute Gasteiger partial charge is 0.193 e. The fourth-order valence-electron chi connectivity index (χ4n) is 4.32. The predicted molar refractivity (Wildman–Crippen MR) is 118 cm³/mol. The zero-order valence-electron chi connectivity index (χ0n) is 15.9. The molecule has 4 aromatic rings. The van der Waals surface area contributed by atoms with E-state index in [0.29, 0.717) is 0 Å². The Morgan fingerprint density at radius 3 is 2.54 bits per heavy atom. The number of benzene rings is 4.